The fourth-order valence-corrected chi connectivity index (χ4v) is 5.84. The number of benzene rings is 1. The van der Waals surface area contributed by atoms with Gasteiger partial charge in [-0.05, 0) is 63.7 Å². The topological polar surface area (TPSA) is 67.2 Å². The van der Waals surface area contributed by atoms with E-state index in [1.807, 2.05) is 28.8 Å². The highest BCUT2D eigenvalue weighted by Crippen LogP contribution is 2.36. The molecule has 0 unspecified atom stereocenters. The fourth-order valence-electron chi connectivity index (χ4n) is 5.84. The van der Waals surface area contributed by atoms with Crippen LogP contribution in [0.15, 0.2) is 29.1 Å². The molecule has 5 rings (SSSR count). The molecule has 6 nitrogen and oxygen atoms in total. The quantitative estimate of drug-likeness (QED) is 0.713. The van der Waals surface area contributed by atoms with Gasteiger partial charge in [-0.15, -0.1) is 0 Å². The minimum atomic E-state index is 0.0414. The van der Waals surface area contributed by atoms with Crippen molar-refractivity contribution in [1.29, 1.82) is 0 Å². The van der Waals surface area contributed by atoms with E-state index in [-0.39, 0.29) is 23.0 Å². The molecular formula is C26H36N4O2. The number of amides is 1. The monoisotopic (exact) mass is 436 g/mol. The molecule has 3 fully saturated rings. The highest BCUT2D eigenvalue weighted by molar-refractivity contribution is 5.78. The van der Waals surface area contributed by atoms with Crippen LogP contribution in [0.2, 0.25) is 0 Å². The Morgan fingerprint density at radius 2 is 1.75 bits per heavy atom. The zero-order valence-electron chi connectivity index (χ0n) is 19.2. The maximum Gasteiger partial charge on any atom is 0.261 e. The first-order valence-electron chi connectivity index (χ1n) is 12.7. The second kappa shape index (κ2) is 9.34. The molecule has 2 heterocycles. The zero-order valence-corrected chi connectivity index (χ0v) is 19.2. The van der Waals surface area contributed by atoms with Crippen LogP contribution in [0.1, 0.15) is 82.5 Å². The molecule has 2 aromatic rings. The van der Waals surface area contributed by atoms with Gasteiger partial charge in [0.2, 0.25) is 5.91 Å². The van der Waals surface area contributed by atoms with Crippen molar-refractivity contribution in [2.75, 3.05) is 19.6 Å². The molecule has 6 heteroatoms. The van der Waals surface area contributed by atoms with Crippen LogP contribution >= 0.6 is 0 Å². The summed E-state index contributed by atoms with van der Waals surface area (Å²) in [5.74, 6) is 0.839. The van der Waals surface area contributed by atoms with Gasteiger partial charge in [0.25, 0.3) is 5.56 Å². The number of hydrogen-bond acceptors (Lipinski definition) is 4. The van der Waals surface area contributed by atoms with E-state index in [2.05, 4.69) is 10.2 Å². The fraction of sp³-hybridized carbons (Fsp3) is 0.654. The van der Waals surface area contributed by atoms with E-state index in [1.54, 1.807) is 0 Å². The molecular weight excluding hydrogens is 400 g/mol. The molecule has 1 aromatic carbocycles. The van der Waals surface area contributed by atoms with Crippen molar-refractivity contribution in [2.24, 2.45) is 0 Å². The Labute approximate surface area is 190 Å². The molecule has 0 spiro atoms. The highest BCUT2D eigenvalue weighted by Gasteiger charge is 2.38. The number of hydrogen-bond donors (Lipinski definition) is 1. The van der Waals surface area contributed by atoms with Crippen LogP contribution < -0.4 is 10.9 Å². The van der Waals surface area contributed by atoms with Crippen molar-refractivity contribution >= 4 is 16.8 Å². The van der Waals surface area contributed by atoms with Crippen molar-refractivity contribution in [3.05, 3.63) is 40.4 Å². The maximum absolute atomic E-state index is 13.0. The van der Waals surface area contributed by atoms with Gasteiger partial charge in [0, 0.05) is 31.0 Å². The second-order valence-electron chi connectivity index (χ2n) is 10.1. The van der Waals surface area contributed by atoms with Gasteiger partial charge in [-0.3, -0.25) is 19.1 Å². The van der Waals surface area contributed by atoms with E-state index in [0.29, 0.717) is 18.2 Å². The number of aromatic nitrogens is 2. The summed E-state index contributed by atoms with van der Waals surface area (Å²) in [6.07, 6.45) is 13.1. The number of carbonyl (C=O) groups excluding carboxylic acids is 1. The average Bonchev–Trinajstić information content (AvgIpc) is 3.68. The molecule has 1 aliphatic heterocycles. The molecule has 0 atom stereocenters. The Balaban J connectivity index is 1.26. The summed E-state index contributed by atoms with van der Waals surface area (Å²) in [6.45, 7) is 3.10. The largest absolute Gasteiger partial charge is 0.354 e. The Hall–Kier alpha value is -2.21. The maximum atomic E-state index is 13.0. The van der Waals surface area contributed by atoms with Gasteiger partial charge in [-0.25, -0.2) is 4.98 Å². The predicted molar refractivity (Wildman–Crippen MR) is 127 cm³/mol. The molecule has 1 aromatic heterocycles. The molecule has 3 aliphatic rings. The minimum Gasteiger partial charge on any atom is -0.354 e. The molecule has 1 N–H and O–H groups in total. The lowest BCUT2D eigenvalue weighted by Crippen LogP contribution is -2.58. The summed E-state index contributed by atoms with van der Waals surface area (Å²) >= 11 is 0. The number of likely N-dealkylation sites (tertiary alicyclic amines) is 1. The van der Waals surface area contributed by atoms with Gasteiger partial charge < -0.3 is 5.32 Å². The number of aryl methyl sites for hydroxylation is 1. The number of carbonyl (C=O) groups is 1. The third-order valence-corrected chi connectivity index (χ3v) is 7.79. The third kappa shape index (κ3) is 4.47. The normalized spacial score (nSPS) is 21.5. The number of nitrogens with zero attached hydrogens (tertiary/aromatic N) is 3. The summed E-state index contributed by atoms with van der Waals surface area (Å²) in [6, 6.07) is 7.80. The second-order valence-corrected chi connectivity index (χ2v) is 10.1. The van der Waals surface area contributed by atoms with Gasteiger partial charge in [0.15, 0.2) is 0 Å². The summed E-state index contributed by atoms with van der Waals surface area (Å²) in [4.78, 5) is 33.4. The SMILES string of the molecule is O=C(CCc1nc2ccccc2c(=O)n1C1CC1)NCC1(N2CCCCC2)CCCCC1. The molecule has 1 saturated heterocycles. The summed E-state index contributed by atoms with van der Waals surface area (Å²) in [7, 11) is 0. The first-order chi connectivity index (χ1) is 15.7. The zero-order chi connectivity index (χ0) is 22.0. The standard InChI is InChI=1S/C26H36N4O2/c31-24(27-19-26(15-5-1-6-16-26)29-17-7-2-8-18-29)14-13-23-28-22-10-4-3-9-21(22)25(32)30(23)20-11-12-20/h3-4,9-10,20H,1-2,5-8,11-19H2,(H,27,31). The van der Waals surface area contributed by atoms with Crippen molar-refractivity contribution < 1.29 is 4.79 Å². The van der Waals surface area contributed by atoms with Gasteiger partial charge in [-0.1, -0.05) is 37.8 Å². The van der Waals surface area contributed by atoms with Crippen LogP contribution in [0.4, 0.5) is 0 Å². The average molecular weight is 437 g/mol. The highest BCUT2D eigenvalue weighted by atomic mass is 16.1. The minimum absolute atomic E-state index is 0.0414. The Bertz CT molecular complexity index is 1010. The molecule has 0 radical (unpaired) electrons. The number of piperidine rings is 1. The van der Waals surface area contributed by atoms with Crippen LogP contribution in [-0.2, 0) is 11.2 Å². The van der Waals surface area contributed by atoms with Crippen LogP contribution in [0.5, 0.6) is 0 Å². The lowest BCUT2D eigenvalue weighted by atomic mass is 9.79. The van der Waals surface area contributed by atoms with Crippen molar-refractivity contribution in [3.8, 4) is 0 Å². The molecule has 172 valence electrons. The lowest BCUT2D eigenvalue weighted by molar-refractivity contribution is -0.122. The van der Waals surface area contributed by atoms with E-state index in [1.165, 1.54) is 64.5 Å². The first-order valence-corrected chi connectivity index (χ1v) is 12.7. The van der Waals surface area contributed by atoms with E-state index < -0.39 is 0 Å². The van der Waals surface area contributed by atoms with Gasteiger partial charge in [0.1, 0.15) is 5.82 Å². The van der Waals surface area contributed by atoms with Crippen LogP contribution in [0.25, 0.3) is 10.9 Å². The lowest BCUT2D eigenvalue weighted by Gasteiger charge is -2.48. The van der Waals surface area contributed by atoms with Crippen LogP contribution in [0, 0.1) is 0 Å². The van der Waals surface area contributed by atoms with Crippen LogP contribution in [0.3, 0.4) is 0 Å². The Kier molecular flexibility index (Phi) is 6.31. The smallest absolute Gasteiger partial charge is 0.261 e. The number of para-hydroxylation sites is 1. The molecule has 2 saturated carbocycles. The van der Waals surface area contributed by atoms with Crippen LogP contribution in [-0.4, -0.2) is 45.5 Å². The Morgan fingerprint density at radius 3 is 2.50 bits per heavy atom. The van der Waals surface area contributed by atoms with Gasteiger partial charge in [-0.2, -0.15) is 0 Å². The molecule has 1 amide bonds. The third-order valence-electron chi connectivity index (χ3n) is 7.79. The van der Waals surface area contributed by atoms with E-state index >= 15 is 0 Å². The number of nitrogens with one attached hydrogen (secondary N) is 1. The van der Waals surface area contributed by atoms with Gasteiger partial charge >= 0.3 is 0 Å². The summed E-state index contributed by atoms with van der Waals surface area (Å²) in [5, 5.41) is 3.96. The summed E-state index contributed by atoms with van der Waals surface area (Å²) < 4.78 is 1.85. The Morgan fingerprint density at radius 1 is 1.03 bits per heavy atom. The molecule has 2 aliphatic carbocycles. The first kappa shape index (κ1) is 21.6. The van der Waals surface area contributed by atoms with Crippen molar-refractivity contribution in [3.63, 3.8) is 0 Å². The van der Waals surface area contributed by atoms with E-state index in [9.17, 15) is 9.59 Å². The van der Waals surface area contributed by atoms with E-state index in [0.717, 1.165) is 30.7 Å². The predicted octanol–water partition coefficient (Wildman–Crippen LogP) is 3.97. The molecule has 32 heavy (non-hydrogen) atoms. The summed E-state index contributed by atoms with van der Waals surface area (Å²) in [5.41, 5.74) is 0.918. The van der Waals surface area contributed by atoms with Gasteiger partial charge in [0.05, 0.1) is 10.9 Å². The van der Waals surface area contributed by atoms with Crippen molar-refractivity contribution in [2.45, 2.75) is 88.6 Å². The number of rotatable bonds is 7. The van der Waals surface area contributed by atoms with E-state index in [4.69, 9.17) is 4.98 Å². The number of fused-ring (bicyclic) bond motifs is 1. The van der Waals surface area contributed by atoms with Crippen molar-refractivity contribution in [1.82, 2.24) is 19.8 Å². The molecule has 0 bridgehead atoms.